The molecule has 1 N–H and O–H groups in total. The molecule has 0 bridgehead atoms. The number of nitrogens with zero attached hydrogens (tertiary/aromatic N) is 2. The third-order valence-electron chi connectivity index (χ3n) is 2.83. The molecule has 0 amide bonds. The Kier molecular flexibility index (Phi) is 3.93. The second kappa shape index (κ2) is 5.32. The van der Waals surface area contributed by atoms with E-state index >= 15 is 0 Å². The van der Waals surface area contributed by atoms with E-state index in [1.807, 2.05) is 0 Å². The summed E-state index contributed by atoms with van der Waals surface area (Å²) in [5.41, 5.74) is 1.38. The van der Waals surface area contributed by atoms with Crippen LogP contribution < -0.4 is 0 Å². The maximum atomic E-state index is 12.1. The van der Waals surface area contributed by atoms with Gasteiger partial charge in [0.25, 0.3) is 10.0 Å². The minimum atomic E-state index is -3.50. The summed E-state index contributed by atoms with van der Waals surface area (Å²) in [6, 6.07) is 8.57. The molecule has 0 fully saturated rings. The molecule has 2 rings (SSSR count). The van der Waals surface area contributed by atoms with E-state index < -0.39 is 10.0 Å². The van der Waals surface area contributed by atoms with Gasteiger partial charge in [0, 0.05) is 30.2 Å². The monoisotopic (exact) mass is 299 g/mol. The second-order valence-electron chi connectivity index (χ2n) is 4.04. The molecule has 0 atom stereocenters. The molecule has 2 aromatic rings. The fraction of sp³-hybridized carbons (Fsp3) is 0.250. The lowest BCUT2D eigenvalue weighted by atomic mass is 10.2. The van der Waals surface area contributed by atoms with Crippen molar-refractivity contribution in [2.75, 3.05) is 13.6 Å². The van der Waals surface area contributed by atoms with Gasteiger partial charge in [0.15, 0.2) is 5.03 Å². The quantitative estimate of drug-likeness (QED) is 0.942. The van der Waals surface area contributed by atoms with Crippen LogP contribution in [0, 0.1) is 0 Å². The molecule has 7 heteroatoms. The minimum absolute atomic E-state index is 0.0850. The predicted molar refractivity (Wildman–Crippen MR) is 74.5 cm³/mol. The van der Waals surface area contributed by atoms with Crippen LogP contribution in [0.4, 0.5) is 0 Å². The largest absolute Gasteiger partial charge is 0.266 e. The predicted octanol–water partition coefficient (Wildman–Crippen LogP) is 2.37. The number of nitrogens with one attached hydrogen (secondary N) is 1. The number of sulfonamides is 1. The number of hydrogen-bond acceptors (Lipinski definition) is 3. The molecular weight excluding hydrogens is 286 g/mol. The van der Waals surface area contributed by atoms with Gasteiger partial charge >= 0.3 is 0 Å². The number of aromatic amines is 1. The molecule has 1 heterocycles. The van der Waals surface area contributed by atoms with Gasteiger partial charge in [-0.15, -0.1) is 0 Å². The van der Waals surface area contributed by atoms with Crippen molar-refractivity contribution in [2.45, 2.75) is 11.9 Å². The zero-order chi connectivity index (χ0) is 14.0. The van der Waals surface area contributed by atoms with Crippen LogP contribution in [-0.2, 0) is 10.0 Å². The Morgan fingerprint density at radius 1 is 1.32 bits per heavy atom. The molecule has 0 aliphatic carbocycles. The van der Waals surface area contributed by atoms with Crippen molar-refractivity contribution in [3.63, 3.8) is 0 Å². The summed E-state index contributed by atoms with van der Waals surface area (Å²) >= 11 is 5.81. The molecule has 1 aromatic heterocycles. The van der Waals surface area contributed by atoms with E-state index in [2.05, 4.69) is 10.2 Å². The van der Waals surface area contributed by atoms with Gasteiger partial charge in [-0.3, -0.25) is 5.10 Å². The summed E-state index contributed by atoms with van der Waals surface area (Å²) in [6.07, 6.45) is 0. The summed E-state index contributed by atoms with van der Waals surface area (Å²) in [5.74, 6) is 0. The molecule has 1 aromatic carbocycles. The van der Waals surface area contributed by atoms with E-state index in [1.54, 1.807) is 31.2 Å². The van der Waals surface area contributed by atoms with Gasteiger partial charge in [-0.25, -0.2) is 8.42 Å². The van der Waals surface area contributed by atoms with E-state index in [9.17, 15) is 8.42 Å². The number of aromatic nitrogens is 2. The fourth-order valence-electron chi connectivity index (χ4n) is 1.54. The molecule has 0 radical (unpaired) electrons. The number of rotatable bonds is 4. The first-order valence-electron chi connectivity index (χ1n) is 5.73. The van der Waals surface area contributed by atoms with Crippen LogP contribution in [-0.4, -0.2) is 36.5 Å². The Hall–Kier alpha value is -1.37. The highest BCUT2D eigenvalue weighted by Gasteiger charge is 2.22. The molecule has 0 aliphatic heterocycles. The molecule has 19 heavy (non-hydrogen) atoms. The zero-order valence-electron chi connectivity index (χ0n) is 10.6. The summed E-state index contributed by atoms with van der Waals surface area (Å²) in [5, 5.41) is 7.29. The normalized spacial score (nSPS) is 12.0. The lowest BCUT2D eigenvalue weighted by Crippen LogP contribution is -2.26. The Bertz CT molecular complexity index is 665. The first kappa shape index (κ1) is 14.0. The first-order chi connectivity index (χ1) is 8.95. The summed E-state index contributed by atoms with van der Waals surface area (Å²) < 4.78 is 25.4. The minimum Gasteiger partial charge on any atom is -0.266 e. The van der Waals surface area contributed by atoms with Gasteiger partial charge in [-0.1, -0.05) is 30.7 Å². The zero-order valence-corrected chi connectivity index (χ0v) is 12.2. The summed E-state index contributed by atoms with van der Waals surface area (Å²) in [4.78, 5) is 0. The van der Waals surface area contributed by atoms with E-state index in [1.165, 1.54) is 17.4 Å². The van der Waals surface area contributed by atoms with Crippen LogP contribution in [0.1, 0.15) is 6.92 Å². The van der Waals surface area contributed by atoms with Crippen LogP contribution in [0.2, 0.25) is 5.02 Å². The van der Waals surface area contributed by atoms with E-state index in [0.29, 0.717) is 17.3 Å². The van der Waals surface area contributed by atoms with Gasteiger partial charge in [-0.05, 0) is 12.1 Å². The lowest BCUT2D eigenvalue weighted by Gasteiger charge is -2.12. The molecule has 0 spiro atoms. The van der Waals surface area contributed by atoms with Crippen molar-refractivity contribution in [1.82, 2.24) is 14.5 Å². The van der Waals surface area contributed by atoms with Gasteiger partial charge in [0.1, 0.15) is 0 Å². The average molecular weight is 300 g/mol. The van der Waals surface area contributed by atoms with E-state index in [0.717, 1.165) is 5.56 Å². The maximum absolute atomic E-state index is 12.1. The van der Waals surface area contributed by atoms with Crippen LogP contribution in [0.3, 0.4) is 0 Å². The number of halogens is 1. The van der Waals surface area contributed by atoms with Crippen molar-refractivity contribution in [2.24, 2.45) is 0 Å². The third-order valence-corrected chi connectivity index (χ3v) is 4.92. The smallest absolute Gasteiger partial charge is 0.259 e. The van der Waals surface area contributed by atoms with Gasteiger partial charge in [0.05, 0.1) is 5.69 Å². The van der Waals surface area contributed by atoms with Gasteiger partial charge in [0.2, 0.25) is 0 Å². The third kappa shape index (κ3) is 2.80. The standard InChI is InChI=1S/C12H14ClN3O2S/c1-3-16(2)19(17,18)12-8-11(14-15-12)9-4-6-10(13)7-5-9/h4-8H,3H2,1-2H3,(H,14,15). The summed E-state index contributed by atoms with van der Waals surface area (Å²) in [7, 11) is -1.97. The molecular formula is C12H14ClN3O2S. The molecule has 102 valence electrons. The Balaban J connectivity index is 2.37. The maximum Gasteiger partial charge on any atom is 0.259 e. The lowest BCUT2D eigenvalue weighted by molar-refractivity contribution is 0.483. The molecule has 5 nitrogen and oxygen atoms in total. The molecule has 0 unspecified atom stereocenters. The van der Waals surface area contributed by atoms with Crippen molar-refractivity contribution in [3.8, 4) is 11.3 Å². The molecule has 0 aliphatic rings. The SMILES string of the molecule is CCN(C)S(=O)(=O)c1cc(-c2ccc(Cl)cc2)n[nH]1. The number of H-pyrrole nitrogens is 1. The van der Waals surface area contributed by atoms with Crippen molar-refractivity contribution < 1.29 is 8.42 Å². The molecule has 0 saturated heterocycles. The van der Waals surface area contributed by atoms with Gasteiger partial charge < -0.3 is 0 Å². The van der Waals surface area contributed by atoms with E-state index in [4.69, 9.17) is 11.6 Å². The number of hydrogen-bond donors (Lipinski definition) is 1. The highest BCUT2D eigenvalue weighted by Crippen LogP contribution is 2.22. The second-order valence-corrected chi connectivity index (χ2v) is 6.49. The highest BCUT2D eigenvalue weighted by atomic mass is 35.5. The van der Waals surface area contributed by atoms with Crippen molar-refractivity contribution >= 4 is 21.6 Å². The Morgan fingerprint density at radius 2 is 1.95 bits per heavy atom. The van der Waals surface area contributed by atoms with Crippen molar-refractivity contribution in [1.29, 1.82) is 0 Å². The Labute approximate surface area is 117 Å². The highest BCUT2D eigenvalue weighted by molar-refractivity contribution is 7.89. The Morgan fingerprint density at radius 3 is 2.53 bits per heavy atom. The van der Waals surface area contributed by atoms with Crippen LogP contribution in [0.5, 0.6) is 0 Å². The molecule has 0 saturated carbocycles. The van der Waals surface area contributed by atoms with E-state index in [-0.39, 0.29) is 5.03 Å². The van der Waals surface area contributed by atoms with Crippen LogP contribution in [0.15, 0.2) is 35.4 Å². The first-order valence-corrected chi connectivity index (χ1v) is 7.54. The topological polar surface area (TPSA) is 66.1 Å². The van der Waals surface area contributed by atoms with Crippen LogP contribution >= 0.6 is 11.6 Å². The average Bonchev–Trinajstić information content (AvgIpc) is 2.88. The van der Waals surface area contributed by atoms with Crippen LogP contribution in [0.25, 0.3) is 11.3 Å². The number of benzene rings is 1. The summed E-state index contributed by atoms with van der Waals surface area (Å²) in [6.45, 7) is 2.17. The van der Waals surface area contributed by atoms with Crippen molar-refractivity contribution in [3.05, 3.63) is 35.4 Å². The fourth-order valence-corrected chi connectivity index (χ4v) is 2.77. The van der Waals surface area contributed by atoms with Gasteiger partial charge in [-0.2, -0.15) is 9.40 Å².